The molecule has 1 heterocycles. The van der Waals surface area contributed by atoms with Crippen LogP contribution in [0.15, 0.2) is 77.8 Å². The van der Waals surface area contributed by atoms with Crippen molar-refractivity contribution in [1.29, 1.82) is 0 Å². The number of hydrogen-bond acceptors (Lipinski definition) is 3. The average Bonchev–Trinajstić information content (AvgIpc) is 2.61. The SMILES string of the molecule is O=S(=O)(Cc1cccc2ncc3ccccc3c12)c1ccc(Cl)cc1. The van der Waals surface area contributed by atoms with Crippen LogP contribution < -0.4 is 0 Å². The maximum atomic E-state index is 12.8. The molecule has 0 amide bonds. The summed E-state index contributed by atoms with van der Waals surface area (Å²) >= 11 is 5.86. The highest BCUT2D eigenvalue weighted by atomic mass is 35.5. The van der Waals surface area contributed by atoms with Crippen molar-refractivity contribution in [3.05, 3.63) is 83.5 Å². The smallest absolute Gasteiger partial charge is 0.182 e. The molecule has 0 unspecified atom stereocenters. The summed E-state index contributed by atoms with van der Waals surface area (Å²) in [5, 5.41) is 3.40. The number of benzene rings is 3. The van der Waals surface area contributed by atoms with Crippen LogP contribution in [-0.4, -0.2) is 13.4 Å². The van der Waals surface area contributed by atoms with Crippen molar-refractivity contribution < 1.29 is 8.42 Å². The van der Waals surface area contributed by atoms with Gasteiger partial charge in [-0.05, 0) is 41.3 Å². The van der Waals surface area contributed by atoms with Crippen molar-refractivity contribution in [1.82, 2.24) is 4.98 Å². The number of rotatable bonds is 3. The Morgan fingerprint density at radius 3 is 2.44 bits per heavy atom. The number of aromatic nitrogens is 1. The Bertz CT molecular complexity index is 1190. The van der Waals surface area contributed by atoms with Gasteiger partial charge in [-0.25, -0.2) is 8.42 Å². The first kappa shape index (κ1) is 16.1. The number of pyridine rings is 1. The summed E-state index contributed by atoms with van der Waals surface area (Å²) in [4.78, 5) is 4.74. The quantitative estimate of drug-likeness (QED) is 0.478. The maximum absolute atomic E-state index is 12.8. The average molecular weight is 368 g/mol. The molecule has 5 heteroatoms. The number of halogens is 1. The summed E-state index contributed by atoms with van der Waals surface area (Å²) in [6.45, 7) is 0. The second kappa shape index (κ2) is 6.14. The van der Waals surface area contributed by atoms with E-state index in [-0.39, 0.29) is 10.6 Å². The predicted molar refractivity (Wildman–Crippen MR) is 102 cm³/mol. The molecular weight excluding hydrogens is 354 g/mol. The molecule has 0 spiro atoms. The molecule has 0 N–H and O–H groups in total. The second-order valence-electron chi connectivity index (χ2n) is 5.87. The standard InChI is InChI=1S/C20H14ClNO2S/c21-16-8-10-17(11-9-16)25(23,24)13-15-5-3-7-19-20(15)18-6-2-1-4-14(18)12-22-19/h1-12H,13H2. The first-order chi connectivity index (χ1) is 12.0. The summed E-state index contributed by atoms with van der Waals surface area (Å²) in [6.07, 6.45) is 1.81. The molecule has 4 aromatic rings. The summed E-state index contributed by atoms with van der Waals surface area (Å²) in [5.41, 5.74) is 1.54. The third-order valence-electron chi connectivity index (χ3n) is 4.22. The van der Waals surface area contributed by atoms with Gasteiger partial charge in [0, 0.05) is 22.0 Å². The van der Waals surface area contributed by atoms with E-state index < -0.39 is 9.84 Å². The highest BCUT2D eigenvalue weighted by molar-refractivity contribution is 7.90. The highest BCUT2D eigenvalue weighted by Gasteiger charge is 2.18. The zero-order valence-corrected chi connectivity index (χ0v) is 14.8. The monoisotopic (exact) mass is 367 g/mol. The molecule has 0 saturated carbocycles. The van der Waals surface area contributed by atoms with Crippen LogP contribution in [0.2, 0.25) is 5.02 Å². The van der Waals surface area contributed by atoms with Crippen LogP contribution in [0, 0.1) is 0 Å². The van der Waals surface area contributed by atoms with E-state index in [1.54, 1.807) is 24.3 Å². The van der Waals surface area contributed by atoms with Crippen LogP contribution in [-0.2, 0) is 15.6 Å². The van der Waals surface area contributed by atoms with E-state index in [1.165, 1.54) is 0 Å². The van der Waals surface area contributed by atoms with E-state index in [2.05, 4.69) is 4.98 Å². The van der Waals surface area contributed by atoms with Gasteiger partial charge in [0.25, 0.3) is 0 Å². The molecule has 0 bridgehead atoms. The first-order valence-electron chi connectivity index (χ1n) is 7.78. The summed E-state index contributed by atoms with van der Waals surface area (Å²) in [7, 11) is -3.48. The molecule has 0 atom stereocenters. The number of sulfone groups is 1. The van der Waals surface area contributed by atoms with Crippen molar-refractivity contribution in [3.63, 3.8) is 0 Å². The van der Waals surface area contributed by atoms with Crippen LogP contribution in [0.3, 0.4) is 0 Å². The lowest BCUT2D eigenvalue weighted by molar-refractivity contribution is 0.595. The minimum atomic E-state index is -3.48. The zero-order chi connectivity index (χ0) is 17.4. The highest BCUT2D eigenvalue weighted by Crippen LogP contribution is 2.29. The lowest BCUT2D eigenvalue weighted by Crippen LogP contribution is -2.05. The third-order valence-corrected chi connectivity index (χ3v) is 6.15. The van der Waals surface area contributed by atoms with Gasteiger partial charge in [-0.3, -0.25) is 4.98 Å². The van der Waals surface area contributed by atoms with Gasteiger partial charge in [0.1, 0.15) is 0 Å². The van der Waals surface area contributed by atoms with Gasteiger partial charge in [0.05, 0.1) is 16.2 Å². The fourth-order valence-electron chi connectivity index (χ4n) is 3.03. The van der Waals surface area contributed by atoms with E-state index in [0.29, 0.717) is 5.02 Å². The predicted octanol–water partition coefficient (Wildman–Crippen LogP) is 5.02. The number of fused-ring (bicyclic) bond motifs is 3. The van der Waals surface area contributed by atoms with Gasteiger partial charge >= 0.3 is 0 Å². The second-order valence-corrected chi connectivity index (χ2v) is 8.30. The van der Waals surface area contributed by atoms with Gasteiger partial charge in [0.15, 0.2) is 9.84 Å². The van der Waals surface area contributed by atoms with Crippen molar-refractivity contribution in [2.24, 2.45) is 0 Å². The van der Waals surface area contributed by atoms with Gasteiger partial charge in [-0.1, -0.05) is 48.0 Å². The van der Waals surface area contributed by atoms with Crippen LogP contribution in [0.4, 0.5) is 0 Å². The largest absolute Gasteiger partial charge is 0.256 e. The zero-order valence-electron chi connectivity index (χ0n) is 13.2. The molecule has 0 aliphatic carbocycles. The van der Waals surface area contributed by atoms with Crippen molar-refractivity contribution in [3.8, 4) is 0 Å². The fraction of sp³-hybridized carbons (Fsp3) is 0.0500. The molecule has 124 valence electrons. The Balaban J connectivity index is 1.89. The Kier molecular flexibility index (Phi) is 3.94. The van der Waals surface area contributed by atoms with E-state index in [1.807, 2.05) is 48.7 Å². The molecule has 0 aliphatic heterocycles. The Hall–Kier alpha value is -2.43. The molecule has 4 rings (SSSR count). The van der Waals surface area contributed by atoms with E-state index in [4.69, 9.17) is 11.6 Å². The van der Waals surface area contributed by atoms with Crippen LogP contribution in [0.5, 0.6) is 0 Å². The summed E-state index contributed by atoms with van der Waals surface area (Å²) < 4.78 is 25.7. The van der Waals surface area contributed by atoms with E-state index in [0.717, 1.165) is 27.2 Å². The van der Waals surface area contributed by atoms with Gasteiger partial charge < -0.3 is 0 Å². The Morgan fingerprint density at radius 2 is 1.64 bits per heavy atom. The van der Waals surface area contributed by atoms with Crippen LogP contribution >= 0.6 is 11.6 Å². The molecule has 3 nitrogen and oxygen atoms in total. The topological polar surface area (TPSA) is 47.0 Å². The van der Waals surface area contributed by atoms with Crippen LogP contribution in [0.25, 0.3) is 21.7 Å². The minimum absolute atomic E-state index is 0.0817. The van der Waals surface area contributed by atoms with E-state index >= 15 is 0 Å². The van der Waals surface area contributed by atoms with Gasteiger partial charge in [-0.2, -0.15) is 0 Å². The number of hydrogen-bond donors (Lipinski definition) is 0. The first-order valence-corrected chi connectivity index (χ1v) is 9.81. The molecule has 0 radical (unpaired) electrons. The Labute approximate surface area is 150 Å². The van der Waals surface area contributed by atoms with Crippen molar-refractivity contribution in [2.75, 3.05) is 0 Å². The molecule has 3 aromatic carbocycles. The van der Waals surface area contributed by atoms with Crippen LogP contribution in [0.1, 0.15) is 5.56 Å². The minimum Gasteiger partial charge on any atom is -0.256 e. The van der Waals surface area contributed by atoms with E-state index in [9.17, 15) is 8.42 Å². The number of nitrogens with zero attached hydrogens (tertiary/aromatic N) is 1. The van der Waals surface area contributed by atoms with Gasteiger partial charge in [0.2, 0.25) is 0 Å². The normalized spacial score (nSPS) is 11.9. The molecule has 0 fully saturated rings. The third kappa shape index (κ3) is 2.99. The molecular formula is C20H14ClNO2S. The molecule has 1 aromatic heterocycles. The lowest BCUT2D eigenvalue weighted by atomic mass is 10.0. The lowest BCUT2D eigenvalue weighted by Gasteiger charge is -2.10. The molecule has 25 heavy (non-hydrogen) atoms. The summed E-state index contributed by atoms with van der Waals surface area (Å²) in [6, 6.07) is 19.7. The Morgan fingerprint density at radius 1 is 0.880 bits per heavy atom. The van der Waals surface area contributed by atoms with Crippen molar-refractivity contribution >= 4 is 43.1 Å². The molecule has 0 aliphatic rings. The van der Waals surface area contributed by atoms with Gasteiger partial charge in [-0.15, -0.1) is 0 Å². The fourth-order valence-corrected chi connectivity index (χ4v) is 4.53. The maximum Gasteiger partial charge on any atom is 0.182 e. The van der Waals surface area contributed by atoms with Crippen molar-refractivity contribution in [2.45, 2.75) is 10.6 Å². The molecule has 0 saturated heterocycles. The summed E-state index contributed by atoms with van der Waals surface area (Å²) in [5.74, 6) is -0.0817.